The number of anilines is 1. The van der Waals surface area contributed by atoms with Crippen LogP contribution in [-0.2, 0) is 14.4 Å². The number of carbonyl (C=O) groups is 4. The van der Waals surface area contributed by atoms with Gasteiger partial charge in [0.1, 0.15) is 34.7 Å². The minimum atomic E-state index is -1.20. The van der Waals surface area contributed by atoms with Gasteiger partial charge in [0.2, 0.25) is 5.91 Å². The molecule has 37 heavy (non-hydrogen) atoms. The summed E-state index contributed by atoms with van der Waals surface area (Å²) in [6.45, 7) is 1.65. The summed E-state index contributed by atoms with van der Waals surface area (Å²) in [5, 5.41) is 16.6. The first-order chi connectivity index (χ1) is 17.7. The van der Waals surface area contributed by atoms with Crippen LogP contribution in [0.15, 0.2) is 52.6 Å². The molecule has 3 atom stereocenters. The van der Waals surface area contributed by atoms with Gasteiger partial charge in [0.05, 0.1) is 6.20 Å². The first kappa shape index (κ1) is 24.6. The molecule has 1 aromatic carbocycles. The lowest BCUT2D eigenvalue weighted by molar-refractivity contribution is -0.151. The van der Waals surface area contributed by atoms with E-state index in [0.717, 1.165) is 12.8 Å². The summed E-state index contributed by atoms with van der Waals surface area (Å²) in [7, 11) is 0. The van der Waals surface area contributed by atoms with Gasteiger partial charge in [-0.3, -0.25) is 19.3 Å². The highest BCUT2D eigenvalue weighted by Crippen LogP contribution is 2.40. The molecule has 0 radical (unpaired) electrons. The number of nitrogens with zero attached hydrogens (tertiary/aromatic N) is 2. The van der Waals surface area contributed by atoms with Crippen LogP contribution in [0.3, 0.4) is 0 Å². The zero-order chi connectivity index (χ0) is 26.3. The van der Waals surface area contributed by atoms with Gasteiger partial charge in [-0.05, 0) is 30.9 Å². The molecule has 1 saturated carbocycles. The number of fused-ring (bicyclic) bond motifs is 1. The number of nitrogens with one attached hydrogen (secondary N) is 4. The molecule has 3 heterocycles. The molecule has 2 aliphatic heterocycles. The Hall–Kier alpha value is -4.13. The van der Waals surface area contributed by atoms with Crippen LogP contribution >= 0.6 is 11.8 Å². The largest absolute Gasteiger partial charge is 0.477 e. The fourth-order valence-electron chi connectivity index (χ4n) is 4.31. The highest BCUT2D eigenvalue weighted by Gasteiger charge is 2.54. The molecular formula is C24H24N6O6S. The number of urea groups is 1. The first-order valence-electron chi connectivity index (χ1n) is 11.6. The van der Waals surface area contributed by atoms with Gasteiger partial charge < -0.3 is 26.0 Å². The molecule has 4 amide bonds. The van der Waals surface area contributed by atoms with Crippen molar-refractivity contribution in [3.05, 3.63) is 69.5 Å². The summed E-state index contributed by atoms with van der Waals surface area (Å²) >= 11 is 1.35. The summed E-state index contributed by atoms with van der Waals surface area (Å²) in [5.74, 6) is -1.16. The second-order valence-electron chi connectivity index (χ2n) is 9.06. The molecule has 13 heteroatoms. The van der Waals surface area contributed by atoms with Crippen LogP contribution in [0.2, 0.25) is 0 Å². The maximum absolute atomic E-state index is 13.3. The Labute approximate surface area is 214 Å². The number of H-pyrrole nitrogens is 1. The second kappa shape index (κ2) is 9.73. The third-order valence-electron chi connectivity index (χ3n) is 6.36. The molecular weight excluding hydrogens is 500 g/mol. The average molecular weight is 525 g/mol. The number of carbonyl (C=O) groups excluding carboxylic acids is 3. The molecule has 5 rings (SSSR count). The number of carboxylic acid groups (broad SMARTS) is 1. The van der Waals surface area contributed by atoms with E-state index in [1.54, 1.807) is 37.3 Å². The lowest BCUT2D eigenvalue weighted by Gasteiger charge is -2.49. The topological polar surface area (TPSA) is 174 Å². The second-order valence-corrected chi connectivity index (χ2v) is 10.2. The lowest BCUT2D eigenvalue weighted by Crippen LogP contribution is -2.71. The van der Waals surface area contributed by atoms with Gasteiger partial charge in [0.15, 0.2) is 0 Å². The van der Waals surface area contributed by atoms with Crippen molar-refractivity contribution in [2.75, 3.05) is 11.1 Å². The number of carboxylic acids is 1. The normalized spacial score (nSPS) is 21.4. The van der Waals surface area contributed by atoms with Gasteiger partial charge in [-0.2, -0.15) is 0 Å². The van der Waals surface area contributed by atoms with Gasteiger partial charge in [-0.25, -0.2) is 14.6 Å². The summed E-state index contributed by atoms with van der Waals surface area (Å²) in [5.41, 5.74) is 0.388. The molecule has 1 saturated heterocycles. The van der Waals surface area contributed by atoms with Gasteiger partial charge in [0, 0.05) is 11.7 Å². The van der Waals surface area contributed by atoms with Gasteiger partial charge in [-0.1, -0.05) is 30.3 Å². The van der Waals surface area contributed by atoms with Crippen LogP contribution in [0.4, 0.5) is 10.5 Å². The van der Waals surface area contributed by atoms with Gasteiger partial charge in [0.25, 0.3) is 11.5 Å². The fraction of sp³-hybridized carbons (Fsp3) is 0.333. The Balaban J connectivity index is 1.30. The molecule has 0 spiro atoms. The molecule has 3 aliphatic rings. The number of thioether (sulfide) groups is 1. The van der Waals surface area contributed by atoms with E-state index in [0.29, 0.717) is 22.7 Å². The van der Waals surface area contributed by atoms with Crippen molar-refractivity contribution >= 4 is 41.3 Å². The van der Waals surface area contributed by atoms with Crippen LogP contribution in [0.1, 0.15) is 43.1 Å². The number of benzene rings is 1. The van der Waals surface area contributed by atoms with E-state index in [4.69, 9.17) is 0 Å². The molecule has 1 unspecified atom stereocenters. The summed E-state index contributed by atoms with van der Waals surface area (Å²) in [6, 6.07) is 5.48. The lowest BCUT2D eigenvalue weighted by atomic mass is 10.0. The zero-order valence-electron chi connectivity index (χ0n) is 19.7. The molecule has 2 aromatic rings. The summed E-state index contributed by atoms with van der Waals surface area (Å²) < 4.78 is 0. The number of β-lactam (4-membered cyclic amide) rings is 1. The maximum Gasteiger partial charge on any atom is 0.352 e. The SMILES string of the molecule is CC1=C(C(=O)O)N2C(=O)C(NC(=O)[C@H](NC(=O)Nc3cnc(C4CC4)[nH]c3=O)c3ccccc3)[C@H]2SC1. The molecule has 0 bridgehead atoms. The average Bonchev–Trinajstić information content (AvgIpc) is 3.73. The maximum atomic E-state index is 13.3. The number of aromatic amines is 1. The minimum absolute atomic E-state index is 0.0668. The van der Waals surface area contributed by atoms with Crippen molar-refractivity contribution < 1.29 is 24.3 Å². The zero-order valence-corrected chi connectivity index (χ0v) is 20.5. The highest BCUT2D eigenvalue weighted by molar-refractivity contribution is 8.00. The smallest absolute Gasteiger partial charge is 0.352 e. The van der Waals surface area contributed by atoms with Crippen molar-refractivity contribution in [3.8, 4) is 0 Å². The monoisotopic (exact) mass is 524 g/mol. The van der Waals surface area contributed by atoms with E-state index < -0.39 is 46.8 Å². The van der Waals surface area contributed by atoms with Crippen molar-refractivity contribution in [2.45, 2.75) is 43.1 Å². The van der Waals surface area contributed by atoms with E-state index in [1.165, 1.54) is 22.9 Å². The number of amides is 4. The first-order valence-corrected chi connectivity index (χ1v) is 12.7. The predicted octanol–water partition coefficient (Wildman–Crippen LogP) is 1.27. The Morgan fingerprint density at radius 3 is 2.57 bits per heavy atom. The van der Waals surface area contributed by atoms with Crippen molar-refractivity contribution in [1.29, 1.82) is 0 Å². The minimum Gasteiger partial charge on any atom is -0.477 e. The molecule has 192 valence electrons. The van der Waals surface area contributed by atoms with Crippen LogP contribution in [-0.4, -0.2) is 61.0 Å². The number of aromatic nitrogens is 2. The molecule has 5 N–H and O–H groups in total. The Kier molecular flexibility index (Phi) is 6.46. The van der Waals surface area contributed by atoms with Crippen molar-refractivity contribution in [3.63, 3.8) is 0 Å². The van der Waals surface area contributed by atoms with Crippen LogP contribution in [0, 0.1) is 0 Å². The van der Waals surface area contributed by atoms with Crippen LogP contribution < -0.4 is 21.5 Å². The number of hydrogen-bond acceptors (Lipinski definition) is 7. The van der Waals surface area contributed by atoms with Crippen LogP contribution in [0.5, 0.6) is 0 Å². The standard InChI is InChI=1S/C24H24N6O6S/c1-11-10-37-22-16(21(33)30(22)17(11)23(34)35)27-20(32)15(12-5-3-2-4-6-12)28-24(36)26-14-9-25-18(13-7-8-13)29-19(14)31/h2-6,9,13,15-16,22H,7-8,10H2,1H3,(H,27,32)(H,34,35)(H,25,29,31)(H2,26,28,36)/t15-,16?,22-/m1/s1. The molecule has 1 aromatic heterocycles. The Morgan fingerprint density at radius 2 is 1.92 bits per heavy atom. The Bertz CT molecular complexity index is 1370. The highest BCUT2D eigenvalue weighted by atomic mass is 32.2. The molecule has 1 aliphatic carbocycles. The third-order valence-corrected chi connectivity index (χ3v) is 7.79. The van der Waals surface area contributed by atoms with Gasteiger partial charge >= 0.3 is 12.0 Å². The number of aliphatic carboxylic acids is 1. The molecule has 12 nitrogen and oxygen atoms in total. The van der Waals surface area contributed by atoms with E-state index >= 15 is 0 Å². The summed E-state index contributed by atoms with van der Waals surface area (Å²) in [6.07, 6.45) is 3.19. The number of hydrogen-bond donors (Lipinski definition) is 5. The van der Waals surface area contributed by atoms with Gasteiger partial charge in [-0.15, -0.1) is 11.8 Å². The van der Waals surface area contributed by atoms with E-state index in [1.807, 2.05) is 0 Å². The van der Waals surface area contributed by atoms with Crippen LogP contribution in [0.25, 0.3) is 0 Å². The quantitative estimate of drug-likeness (QED) is 0.337. The van der Waals surface area contributed by atoms with E-state index in [2.05, 4.69) is 25.9 Å². The van der Waals surface area contributed by atoms with E-state index in [-0.39, 0.29) is 17.3 Å². The third kappa shape index (κ3) is 4.81. The number of rotatable bonds is 7. The molecule has 2 fully saturated rings. The van der Waals surface area contributed by atoms with Crippen molar-refractivity contribution in [1.82, 2.24) is 25.5 Å². The van der Waals surface area contributed by atoms with Crippen molar-refractivity contribution in [2.24, 2.45) is 0 Å². The fourth-order valence-corrected chi connectivity index (χ4v) is 5.60. The Morgan fingerprint density at radius 1 is 1.19 bits per heavy atom. The summed E-state index contributed by atoms with van der Waals surface area (Å²) in [4.78, 5) is 70.9. The van der Waals surface area contributed by atoms with E-state index in [9.17, 15) is 29.1 Å². The predicted molar refractivity (Wildman–Crippen MR) is 134 cm³/mol.